The third kappa shape index (κ3) is 2.19. The summed E-state index contributed by atoms with van der Waals surface area (Å²) in [6.07, 6.45) is 4.53. The Kier molecular flexibility index (Phi) is 3.15. The van der Waals surface area contributed by atoms with E-state index in [-0.39, 0.29) is 11.1 Å². The first-order chi connectivity index (χ1) is 8.98. The smallest absolute Gasteiger partial charge is 0.260 e. The van der Waals surface area contributed by atoms with Crippen LogP contribution in [-0.4, -0.2) is 41.6 Å². The van der Waals surface area contributed by atoms with Gasteiger partial charge < -0.3 is 5.73 Å². The number of rotatable bonds is 2. The first-order valence-electron chi connectivity index (χ1n) is 6.72. The van der Waals surface area contributed by atoms with Gasteiger partial charge >= 0.3 is 0 Å². The minimum atomic E-state index is -3.41. The van der Waals surface area contributed by atoms with E-state index < -0.39 is 10.0 Å². The zero-order valence-corrected chi connectivity index (χ0v) is 11.9. The van der Waals surface area contributed by atoms with Crippen molar-refractivity contribution in [1.29, 1.82) is 0 Å². The zero-order valence-electron chi connectivity index (χ0n) is 11.1. The van der Waals surface area contributed by atoms with E-state index >= 15 is 0 Å². The summed E-state index contributed by atoms with van der Waals surface area (Å²) in [5.74, 6) is 0.898. The third-order valence-corrected chi connectivity index (χ3v) is 6.34. The van der Waals surface area contributed by atoms with Crippen LogP contribution in [0.4, 0.5) is 0 Å². The number of sulfonamides is 1. The Hall–Kier alpha value is -0.920. The second-order valence-electron chi connectivity index (χ2n) is 5.71. The predicted molar refractivity (Wildman–Crippen MR) is 70.8 cm³/mol. The maximum absolute atomic E-state index is 12.6. The van der Waals surface area contributed by atoms with E-state index in [4.69, 9.17) is 5.73 Å². The molecule has 2 N–H and O–H groups in total. The molecule has 1 aliphatic heterocycles. The second-order valence-corrected chi connectivity index (χ2v) is 7.59. The molecule has 1 saturated heterocycles. The van der Waals surface area contributed by atoms with E-state index in [9.17, 15) is 8.42 Å². The van der Waals surface area contributed by atoms with E-state index in [0.29, 0.717) is 24.9 Å². The van der Waals surface area contributed by atoms with Gasteiger partial charge in [0.15, 0.2) is 5.03 Å². The number of aromatic nitrogens is 2. The van der Waals surface area contributed by atoms with Gasteiger partial charge in [-0.3, -0.25) is 4.68 Å². The number of aryl methyl sites for hydroxylation is 1. The van der Waals surface area contributed by atoms with Crippen LogP contribution in [0.25, 0.3) is 0 Å². The molecule has 6 nitrogen and oxygen atoms in total. The first kappa shape index (κ1) is 13.1. The highest BCUT2D eigenvalue weighted by Crippen LogP contribution is 2.37. The fourth-order valence-electron chi connectivity index (χ4n) is 3.37. The van der Waals surface area contributed by atoms with Gasteiger partial charge in [0.25, 0.3) is 10.0 Å². The van der Waals surface area contributed by atoms with Crippen LogP contribution < -0.4 is 5.73 Å². The van der Waals surface area contributed by atoms with E-state index in [1.807, 2.05) is 0 Å². The van der Waals surface area contributed by atoms with Gasteiger partial charge in [0.1, 0.15) is 0 Å². The molecule has 106 valence electrons. The molecular formula is C12H20N4O2S. The lowest BCUT2D eigenvalue weighted by atomic mass is 9.79. The molecule has 1 aromatic heterocycles. The summed E-state index contributed by atoms with van der Waals surface area (Å²) in [7, 11) is -1.75. The van der Waals surface area contributed by atoms with E-state index in [1.165, 1.54) is 10.9 Å². The number of hydrogen-bond donors (Lipinski definition) is 1. The van der Waals surface area contributed by atoms with Gasteiger partial charge in [-0.15, -0.1) is 0 Å². The van der Waals surface area contributed by atoms with Gasteiger partial charge in [-0.2, -0.15) is 9.40 Å². The molecule has 1 saturated carbocycles. The summed E-state index contributed by atoms with van der Waals surface area (Å²) in [5.41, 5.74) is 5.98. The Labute approximate surface area is 113 Å². The lowest BCUT2D eigenvalue weighted by Crippen LogP contribution is -2.32. The van der Waals surface area contributed by atoms with Crippen LogP contribution in [0.2, 0.25) is 0 Å². The molecule has 1 aromatic rings. The summed E-state index contributed by atoms with van der Waals surface area (Å²) in [5, 5.41) is 4.22. The highest BCUT2D eigenvalue weighted by atomic mass is 32.2. The average Bonchev–Trinajstić information content (AvgIpc) is 2.94. The van der Waals surface area contributed by atoms with Crippen LogP contribution in [0, 0.1) is 11.8 Å². The molecule has 7 heteroatoms. The van der Waals surface area contributed by atoms with Crippen molar-refractivity contribution in [2.24, 2.45) is 24.6 Å². The molecule has 1 unspecified atom stereocenters. The Morgan fingerprint density at radius 2 is 2.05 bits per heavy atom. The normalized spacial score (nSPS) is 32.4. The number of nitrogens with two attached hydrogens (primary N) is 1. The lowest BCUT2D eigenvalue weighted by molar-refractivity contribution is 0.271. The van der Waals surface area contributed by atoms with E-state index in [0.717, 1.165) is 19.3 Å². The Morgan fingerprint density at radius 1 is 1.32 bits per heavy atom. The number of fused-ring (bicyclic) bond motifs is 1. The molecule has 2 heterocycles. The molecule has 2 aliphatic rings. The van der Waals surface area contributed by atoms with Crippen molar-refractivity contribution < 1.29 is 8.42 Å². The first-order valence-corrected chi connectivity index (χ1v) is 8.16. The number of hydrogen-bond acceptors (Lipinski definition) is 4. The third-order valence-electron chi connectivity index (χ3n) is 4.44. The molecule has 2 fully saturated rings. The van der Waals surface area contributed by atoms with Crippen molar-refractivity contribution in [3.63, 3.8) is 0 Å². The fraction of sp³-hybridized carbons (Fsp3) is 0.750. The molecule has 0 bridgehead atoms. The standard InChI is InChI=1S/C12H20N4O2S/c1-15-12(4-5-14-15)19(17,18)16-7-9-2-3-11(13)6-10(9)8-16/h4-5,9-11H,2-3,6-8,13H2,1H3/t9-,10+,11?/m1/s1. The van der Waals surface area contributed by atoms with Gasteiger partial charge in [0, 0.05) is 26.2 Å². The van der Waals surface area contributed by atoms with Crippen LogP contribution in [0.3, 0.4) is 0 Å². The summed E-state index contributed by atoms with van der Waals surface area (Å²) in [6.45, 7) is 1.23. The van der Waals surface area contributed by atoms with Crippen LogP contribution >= 0.6 is 0 Å². The molecule has 3 atom stereocenters. The van der Waals surface area contributed by atoms with Gasteiger partial charge in [0.05, 0.1) is 6.20 Å². The molecular weight excluding hydrogens is 264 g/mol. The summed E-state index contributed by atoms with van der Waals surface area (Å²) >= 11 is 0. The molecule has 3 rings (SSSR count). The maximum Gasteiger partial charge on any atom is 0.260 e. The van der Waals surface area contributed by atoms with Crippen LogP contribution in [0.5, 0.6) is 0 Å². The highest BCUT2D eigenvalue weighted by Gasteiger charge is 2.42. The summed E-state index contributed by atoms with van der Waals surface area (Å²) in [4.78, 5) is 0. The quantitative estimate of drug-likeness (QED) is 0.839. The van der Waals surface area contributed by atoms with Crippen LogP contribution in [0.1, 0.15) is 19.3 Å². The summed E-state index contributed by atoms with van der Waals surface area (Å²) < 4.78 is 28.2. The second kappa shape index (κ2) is 4.57. The Morgan fingerprint density at radius 3 is 2.74 bits per heavy atom. The van der Waals surface area contributed by atoms with Gasteiger partial charge in [-0.25, -0.2) is 8.42 Å². The predicted octanol–water partition coefficient (Wildman–Crippen LogP) is 0.168. The van der Waals surface area contributed by atoms with E-state index in [2.05, 4.69) is 5.10 Å². The Bertz CT molecular complexity index is 568. The topological polar surface area (TPSA) is 81.2 Å². The monoisotopic (exact) mass is 284 g/mol. The van der Waals surface area contributed by atoms with Crippen molar-refractivity contribution in [3.05, 3.63) is 12.3 Å². The van der Waals surface area contributed by atoms with Crippen molar-refractivity contribution in [2.75, 3.05) is 13.1 Å². The largest absolute Gasteiger partial charge is 0.328 e. The Balaban J connectivity index is 1.83. The molecule has 19 heavy (non-hydrogen) atoms. The molecule has 0 radical (unpaired) electrons. The zero-order chi connectivity index (χ0) is 13.6. The minimum absolute atomic E-state index is 0.237. The lowest BCUT2D eigenvalue weighted by Gasteiger charge is -2.28. The van der Waals surface area contributed by atoms with Crippen molar-refractivity contribution >= 4 is 10.0 Å². The maximum atomic E-state index is 12.6. The molecule has 0 aromatic carbocycles. The molecule has 1 aliphatic carbocycles. The van der Waals surface area contributed by atoms with Gasteiger partial charge in [-0.1, -0.05) is 0 Å². The van der Waals surface area contributed by atoms with Crippen LogP contribution in [-0.2, 0) is 17.1 Å². The van der Waals surface area contributed by atoms with Gasteiger partial charge in [0.2, 0.25) is 0 Å². The molecule has 0 spiro atoms. The average molecular weight is 284 g/mol. The van der Waals surface area contributed by atoms with E-state index in [1.54, 1.807) is 17.4 Å². The SMILES string of the molecule is Cn1nccc1S(=O)(=O)N1C[C@H]2CCC(N)C[C@H]2C1. The number of nitrogens with zero attached hydrogens (tertiary/aromatic N) is 3. The summed E-state index contributed by atoms with van der Waals surface area (Å²) in [6, 6.07) is 1.80. The molecule has 0 amide bonds. The minimum Gasteiger partial charge on any atom is -0.328 e. The van der Waals surface area contributed by atoms with Crippen molar-refractivity contribution in [3.8, 4) is 0 Å². The highest BCUT2D eigenvalue weighted by molar-refractivity contribution is 7.89. The van der Waals surface area contributed by atoms with Crippen molar-refractivity contribution in [2.45, 2.75) is 30.3 Å². The van der Waals surface area contributed by atoms with Crippen molar-refractivity contribution in [1.82, 2.24) is 14.1 Å². The fourth-order valence-corrected chi connectivity index (χ4v) is 5.02. The van der Waals surface area contributed by atoms with Crippen LogP contribution in [0.15, 0.2) is 17.3 Å². The van der Waals surface area contributed by atoms with Gasteiger partial charge in [-0.05, 0) is 37.2 Å².